The van der Waals surface area contributed by atoms with Gasteiger partial charge in [0.05, 0.1) is 12.2 Å². The number of nitrogens with one attached hydrogen (secondary N) is 1. The number of aromatic nitrogens is 2. The van der Waals surface area contributed by atoms with Crippen molar-refractivity contribution < 1.29 is 13.6 Å². The molecule has 0 saturated heterocycles. The average Bonchev–Trinajstić information content (AvgIpc) is 2.72. The van der Waals surface area contributed by atoms with Crippen molar-refractivity contribution in [3.8, 4) is 0 Å². The van der Waals surface area contributed by atoms with Crippen LogP contribution in [-0.4, -0.2) is 35.3 Å². The van der Waals surface area contributed by atoms with Crippen LogP contribution in [0.15, 0.2) is 22.4 Å². The van der Waals surface area contributed by atoms with Gasteiger partial charge in [0.25, 0.3) is 0 Å². The molecule has 1 unspecified atom stereocenters. The van der Waals surface area contributed by atoms with E-state index in [9.17, 15) is 8.42 Å². The zero-order valence-corrected chi connectivity index (χ0v) is 11.2. The number of amidine groups is 1. The molecule has 0 amide bonds. The highest BCUT2D eigenvalue weighted by atomic mass is 32.2. The van der Waals surface area contributed by atoms with Crippen LogP contribution in [0, 0.1) is 5.92 Å². The van der Waals surface area contributed by atoms with E-state index in [0.717, 1.165) is 0 Å². The molecule has 0 saturated carbocycles. The molecule has 0 aromatic carbocycles. The van der Waals surface area contributed by atoms with E-state index in [1.807, 2.05) is 0 Å². The molecular formula is C9H17N5O3S. The second-order valence-electron chi connectivity index (χ2n) is 4.22. The third-order valence-electron chi connectivity index (χ3n) is 2.37. The number of rotatable bonds is 5. The average molecular weight is 275 g/mol. The van der Waals surface area contributed by atoms with Crippen molar-refractivity contribution in [3.63, 3.8) is 0 Å². The topological polar surface area (TPSA) is 123 Å². The van der Waals surface area contributed by atoms with Crippen molar-refractivity contribution in [2.24, 2.45) is 23.9 Å². The Hall–Kier alpha value is -1.61. The molecule has 1 heterocycles. The normalized spacial score (nSPS) is 15.0. The third kappa shape index (κ3) is 3.20. The minimum Gasteiger partial charge on any atom is -0.409 e. The summed E-state index contributed by atoms with van der Waals surface area (Å²) in [4.78, 5) is 0.0291. The Morgan fingerprint density at radius 2 is 2.22 bits per heavy atom. The molecule has 4 N–H and O–H groups in total. The van der Waals surface area contributed by atoms with Crippen molar-refractivity contribution in [1.29, 1.82) is 0 Å². The van der Waals surface area contributed by atoms with Gasteiger partial charge in [-0.05, 0) is 5.92 Å². The van der Waals surface area contributed by atoms with Gasteiger partial charge in [-0.15, -0.1) is 0 Å². The fourth-order valence-electron chi connectivity index (χ4n) is 1.37. The number of oxime groups is 1. The third-order valence-corrected chi connectivity index (χ3v) is 3.77. The summed E-state index contributed by atoms with van der Waals surface area (Å²) < 4.78 is 27.8. The molecule has 1 atom stereocenters. The first-order valence-corrected chi connectivity index (χ1v) is 6.74. The van der Waals surface area contributed by atoms with E-state index in [4.69, 9.17) is 10.9 Å². The number of nitrogens with zero attached hydrogens (tertiary/aromatic N) is 3. The second-order valence-corrected chi connectivity index (χ2v) is 5.93. The molecule has 0 aliphatic rings. The number of aryl methyl sites for hydroxylation is 1. The van der Waals surface area contributed by atoms with Gasteiger partial charge in [0.2, 0.25) is 10.0 Å². The van der Waals surface area contributed by atoms with Gasteiger partial charge in [0, 0.05) is 13.2 Å². The van der Waals surface area contributed by atoms with E-state index in [-0.39, 0.29) is 16.6 Å². The first-order valence-electron chi connectivity index (χ1n) is 5.26. The largest absolute Gasteiger partial charge is 0.409 e. The van der Waals surface area contributed by atoms with Gasteiger partial charge in [-0.3, -0.25) is 4.68 Å². The fourth-order valence-corrected chi connectivity index (χ4v) is 2.71. The van der Waals surface area contributed by atoms with E-state index in [2.05, 4.69) is 15.0 Å². The highest BCUT2D eigenvalue weighted by Gasteiger charge is 2.26. The van der Waals surface area contributed by atoms with Crippen LogP contribution in [0.4, 0.5) is 0 Å². The Balaban J connectivity index is 3.00. The maximum atomic E-state index is 12.0. The van der Waals surface area contributed by atoms with Crippen LogP contribution in [0.1, 0.15) is 13.8 Å². The summed E-state index contributed by atoms with van der Waals surface area (Å²) in [6.45, 7) is 3.52. The van der Waals surface area contributed by atoms with Crippen molar-refractivity contribution in [2.45, 2.75) is 24.8 Å². The van der Waals surface area contributed by atoms with Crippen LogP contribution in [-0.2, 0) is 17.1 Å². The summed E-state index contributed by atoms with van der Waals surface area (Å²) in [7, 11) is -2.13. The summed E-state index contributed by atoms with van der Waals surface area (Å²) in [6.07, 6.45) is 2.60. The van der Waals surface area contributed by atoms with Crippen LogP contribution in [0.5, 0.6) is 0 Å². The van der Waals surface area contributed by atoms with Gasteiger partial charge in [0.1, 0.15) is 4.90 Å². The minimum absolute atomic E-state index is 0.0291. The van der Waals surface area contributed by atoms with Gasteiger partial charge in [-0.25, -0.2) is 13.1 Å². The van der Waals surface area contributed by atoms with Gasteiger partial charge in [-0.2, -0.15) is 5.10 Å². The van der Waals surface area contributed by atoms with Gasteiger partial charge in [-0.1, -0.05) is 19.0 Å². The number of hydrogen-bond acceptors (Lipinski definition) is 5. The fraction of sp³-hybridized carbons (Fsp3) is 0.556. The zero-order chi connectivity index (χ0) is 13.9. The molecule has 1 aromatic rings. The molecule has 0 fully saturated rings. The maximum absolute atomic E-state index is 12.0. The van der Waals surface area contributed by atoms with Crippen LogP contribution in [0.3, 0.4) is 0 Å². The lowest BCUT2D eigenvalue weighted by atomic mass is 10.1. The first kappa shape index (κ1) is 14.5. The van der Waals surface area contributed by atoms with Gasteiger partial charge < -0.3 is 10.9 Å². The lowest BCUT2D eigenvalue weighted by Gasteiger charge is -2.20. The standard InChI is InChI=1S/C9H17N5O3S/c1-6(2)8(9(10)12-15)13-18(16,17)7-4-11-14(3)5-7/h4-6,8,13,15H,1-3H3,(H2,10,12). The molecule has 1 rings (SSSR count). The van der Waals surface area contributed by atoms with Crippen LogP contribution in [0.25, 0.3) is 0 Å². The lowest BCUT2D eigenvalue weighted by Crippen LogP contribution is -2.47. The lowest BCUT2D eigenvalue weighted by molar-refractivity contribution is 0.313. The van der Waals surface area contributed by atoms with Crippen LogP contribution < -0.4 is 10.5 Å². The Labute approximate surface area is 106 Å². The molecular weight excluding hydrogens is 258 g/mol. The highest BCUT2D eigenvalue weighted by molar-refractivity contribution is 7.89. The summed E-state index contributed by atoms with van der Waals surface area (Å²) in [6, 6.07) is -0.778. The number of sulfonamides is 1. The quantitative estimate of drug-likeness (QED) is 0.288. The smallest absolute Gasteiger partial charge is 0.244 e. The summed E-state index contributed by atoms with van der Waals surface area (Å²) in [5.41, 5.74) is 5.46. The molecule has 9 heteroatoms. The molecule has 0 radical (unpaired) electrons. The zero-order valence-electron chi connectivity index (χ0n) is 10.4. The molecule has 0 bridgehead atoms. The van der Waals surface area contributed by atoms with Crippen molar-refractivity contribution in [1.82, 2.24) is 14.5 Å². The Kier molecular flexibility index (Phi) is 4.30. The minimum atomic E-state index is -3.74. The predicted molar refractivity (Wildman–Crippen MR) is 65.6 cm³/mol. The predicted octanol–water partition coefficient (Wildman–Crippen LogP) is -0.531. The molecule has 102 valence electrons. The summed E-state index contributed by atoms with van der Waals surface area (Å²) in [5, 5.41) is 15.3. The molecule has 0 aliphatic heterocycles. The van der Waals surface area contributed by atoms with E-state index >= 15 is 0 Å². The van der Waals surface area contributed by atoms with E-state index < -0.39 is 16.1 Å². The van der Waals surface area contributed by atoms with Crippen molar-refractivity contribution in [2.75, 3.05) is 0 Å². The van der Waals surface area contributed by atoms with Crippen LogP contribution >= 0.6 is 0 Å². The highest BCUT2D eigenvalue weighted by Crippen LogP contribution is 2.10. The Morgan fingerprint density at radius 1 is 1.61 bits per heavy atom. The first-order chi connectivity index (χ1) is 8.27. The van der Waals surface area contributed by atoms with E-state index in [1.54, 1.807) is 20.9 Å². The monoisotopic (exact) mass is 275 g/mol. The molecule has 0 aliphatic carbocycles. The van der Waals surface area contributed by atoms with Crippen molar-refractivity contribution in [3.05, 3.63) is 12.4 Å². The number of nitrogens with two attached hydrogens (primary N) is 1. The molecule has 1 aromatic heterocycles. The molecule has 18 heavy (non-hydrogen) atoms. The molecule has 8 nitrogen and oxygen atoms in total. The maximum Gasteiger partial charge on any atom is 0.244 e. The molecule has 0 spiro atoms. The van der Waals surface area contributed by atoms with Crippen molar-refractivity contribution >= 4 is 15.9 Å². The number of hydrogen-bond donors (Lipinski definition) is 3. The van der Waals surface area contributed by atoms with Gasteiger partial charge >= 0.3 is 0 Å². The second kappa shape index (κ2) is 5.36. The van der Waals surface area contributed by atoms with E-state index in [0.29, 0.717) is 0 Å². The Morgan fingerprint density at radius 3 is 2.61 bits per heavy atom. The SMILES string of the molecule is CC(C)C(NS(=O)(=O)c1cnn(C)c1)C(N)=NO. The summed E-state index contributed by atoms with van der Waals surface area (Å²) in [5.74, 6) is -0.343. The van der Waals surface area contributed by atoms with E-state index in [1.165, 1.54) is 17.1 Å². The van der Waals surface area contributed by atoms with Gasteiger partial charge in [0.15, 0.2) is 5.84 Å². The summed E-state index contributed by atoms with van der Waals surface area (Å²) >= 11 is 0. The Bertz CT molecular complexity index is 534. The van der Waals surface area contributed by atoms with Crippen LogP contribution in [0.2, 0.25) is 0 Å².